The van der Waals surface area contributed by atoms with Gasteiger partial charge in [-0.1, -0.05) is 6.58 Å². The van der Waals surface area contributed by atoms with Crippen LogP contribution in [0.15, 0.2) is 24.5 Å². The number of hydrogen-bond acceptors (Lipinski definition) is 3. The minimum absolute atomic E-state index is 0.0978. The van der Waals surface area contributed by atoms with Crippen molar-refractivity contribution in [2.75, 3.05) is 13.2 Å². The maximum Gasteiger partial charge on any atom is 0.330 e. The Kier molecular flexibility index (Phi) is 2.76. The topological polar surface area (TPSA) is 35.5 Å². The third-order valence-corrected chi connectivity index (χ3v) is 1.92. The predicted octanol–water partition coefficient (Wildman–Crippen LogP) is 1.66. The Bertz CT molecular complexity index is 251. The fourth-order valence-corrected chi connectivity index (χ4v) is 1.04. The summed E-state index contributed by atoms with van der Waals surface area (Å²) >= 11 is 0. The first-order valence-electron chi connectivity index (χ1n) is 4.19. The zero-order valence-electron chi connectivity index (χ0n) is 8.00. The molecule has 0 spiro atoms. The second-order valence-corrected chi connectivity index (χ2v) is 3.58. The van der Waals surface area contributed by atoms with Crippen molar-refractivity contribution in [3.63, 3.8) is 0 Å². The molecule has 0 radical (unpaired) electrons. The molecule has 1 saturated heterocycles. The van der Waals surface area contributed by atoms with Crippen molar-refractivity contribution in [1.82, 2.24) is 0 Å². The summed E-state index contributed by atoms with van der Waals surface area (Å²) in [5.74, 6) is 0.485. The van der Waals surface area contributed by atoms with Gasteiger partial charge in [-0.3, -0.25) is 0 Å². The summed E-state index contributed by atoms with van der Waals surface area (Å²) in [4.78, 5) is 10.7. The van der Waals surface area contributed by atoms with Crippen LogP contribution in [0.4, 0.5) is 0 Å². The summed E-state index contributed by atoms with van der Waals surface area (Å²) in [6.07, 6.45) is 2.93. The summed E-state index contributed by atoms with van der Waals surface area (Å²) in [5.41, 5.74) is 0.0978. The van der Waals surface area contributed by atoms with Gasteiger partial charge >= 0.3 is 5.97 Å². The number of hydrogen-bond donors (Lipinski definition) is 0. The van der Waals surface area contributed by atoms with Gasteiger partial charge in [-0.15, -0.1) is 0 Å². The van der Waals surface area contributed by atoms with Crippen LogP contribution in [0.25, 0.3) is 0 Å². The molecular weight excluding hydrogens is 168 g/mol. The van der Waals surface area contributed by atoms with Crippen molar-refractivity contribution in [1.29, 1.82) is 0 Å². The molecule has 3 nitrogen and oxygen atoms in total. The zero-order chi connectivity index (χ0) is 9.90. The molecule has 3 heteroatoms. The van der Waals surface area contributed by atoms with Crippen molar-refractivity contribution >= 4 is 5.97 Å². The van der Waals surface area contributed by atoms with Gasteiger partial charge in [0.1, 0.15) is 12.4 Å². The molecule has 13 heavy (non-hydrogen) atoms. The smallest absolute Gasteiger partial charge is 0.330 e. The maximum absolute atomic E-state index is 10.7. The van der Waals surface area contributed by atoms with E-state index in [0.717, 1.165) is 18.4 Å². The molecule has 1 rings (SSSR count). The third-order valence-electron chi connectivity index (χ3n) is 1.92. The second kappa shape index (κ2) is 3.64. The van der Waals surface area contributed by atoms with Gasteiger partial charge in [0.25, 0.3) is 0 Å². The first-order valence-corrected chi connectivity index (χ1v) is 4.19. The Hall–Kier alpha value is -1.25. The van der Waals surface area contributed by atoms with Gasteiger partial charge in [0.05, 0.1) is 12.0 Å². The lowest BCUT2D eigenvalue weighted by atomic mass is 9.87. The predicted molar refractivity (Wildman–Crippen MR) is 49.0 cm³/mol. The molecule has 0 aliphatic carbocycles. The Labute approximate surface area is 78.0 Å². The van der Waals surface area contributed by atoms with E-state index in [1.54, 1.807) is 6.08 Å². The molecule has 0 saturated carbocycles. The van der Waals surface area contributed by atoms with E-state index in [9.17, 15) is 4.79 Å². The second-order valence-electron chi connectivity index (χ2n) is 3.58. The standard InChI is InChI=1S/C10H14O3/c1-4-9(11)12-6-5-8-10(2,3)7-13-8/h4-5H,1,6-7H2,2-3H3. The van der Waals surface area contributed by atoms with Crippen LogP contribution in [-0.2, 0) is 14.3 Å². The molecule has 1 aliphatic heterocycles. The third kappa shape index (κ3) is 2.34. The summed E-state index contributed by atoms with van der Waals surface area (Å²) in [7, 11) is 0. The quantitative estimate of drug-likeness (QED) is 0.492. The van der Waals surface area contributed by atoms with Gasteiger partial charge in [-0.05, 0) is 19.9 Å². The van der Waals surface area contributed by atoms with Gasteiger partial charge in [0, 0.05) is 6.08 Å². The first-order chi connectivity index (χ1) is 6.06. The van der Waals surface area contributed by atoms with E-state index in [2.05, 4.69) is 20.4 Å². The largest absolute Gasteiger partial charge is 0.496 e. The zero-order valence-corrected chi connectivity index (χ0v) is 8.00. The van der Waals surface area contributed by atoms with Crippen molar-refractivity contribution in [2.24, 2.45) is 5.41 Å². The summed E-state index contributed by atoms with van der Waals surface area (Å²) < 4.78 is 9.98. The maximum atomic E-state index is 10.7. The average molecular weight is 182 g/mol. The van der Waals surface area contributed by atoms with Gasteiger partial charge in [0.15, 0.2) is 0 Å². The fourth-order valence-electron chi connectivity index (χ4n) is 1.04. The molecule has 0 unspecified atom stereocenters. The van der Waals surface area contributed by atoms with Crippen LogP contribution in [0.1, 0.15) is 13.8 Å². The Morgan fingerprint density at radius 3 is 2.85 bits per heavy atom. The van der Waals surface area contributed by atoms with Gasteiger partial charge in [-0.25, -0.2) is 4.79 Å². The van der Waals surface area contributed by atoms with Gasteiger partial charge in [0.2, 0.25) is 0 Å². The molecule has 0 N–H and O–H groups in total. The van der Waals surface area contributed by atoms with Crippen molar-refractivity contribution in [3.05, 3.63) is 24.5 Å². The van der Waals surface area contributed by atoms with Crippen molar-refractivity contribution in [3.8, 4) is 0 Å². The minimum Gasteiger partial charge on any atom is -0.496 e. The number of carbonyl (C=O) groups is 1. The molecule has 1 aliphatic rings. The number of carbonyl (C=O) groups excluding carboxylic acids is 1. The number of rotatable bonds is 3. The molecule has 0 aromatic carbocycles. The van der Waals surface area contributed by atoms with E-state index < -0.39 is 5.97 Å². The summed E-state index contributed by atoms with van der Waals surface area (Å²) in [5, 5.41) is 0. The van der Waals surface area contributed by atoms with E-state index in [1.165, 1.54) is 0 Å². The van der Waals surface area contributed by atoms with Crippen molar-refractivity contribution < 1.29 is 14.3 Å². The van der Waals surface area contributed by atoms with Crippen LogP contribution < -0.4 is 0 Å². The van der Waals surface area contributed by atoms with Crippen LogP contribution in [0.3, 0.4) is 0 Å². The van der Waals surface area contributed by atoms with Gasteiger partial charge < -0.3 is 9.47 Å². The fraction of sp³-hybridized carbons (Fsp3) is 0.500. The highest BCUT2D eigenvalue weighted by molar-refractivity contribution is 5.81. The van der Waals surface area contributed by atoms with E-state index in [-0.39, 0.29) is 12.0 Å². The van der Waals surface area contributed by atoms with Gasteiger partial charge in [-0.2, -0.15) is 0 Å². The lowest BCUT2D eigenvalue weighted by Crippen LogP contribution is -2.34. The summed E-state index contributed by atoms with van der Waals surface area (Å²) in [6.45, 7) is 8.44. The van der Waals surface area contributed by atoms with Crippen LogP contribution in [0.2, 0.25) is 0 Å². The van der Waals surface area contributed by atoms with Crippen LogP contribution in [0, 0.1) is 5.41 Å². The van der Waals surface area contributed by atoms with E-state index in [4.69, 9.17) is 9.47 Å². The van der Waals surface area contributed by atoms with E-state index in [0.29, 0.717) is 0 Å². The lowest BCUT2D eigenvalue weighted by Gasteiger charge is -2.38. The Morgan fingerprint density at radius 2 is 2.46 bits per heavy atom. The monoisotopic (exact) mass is 182 g/mol. The average Bonchev–Trinajstić information content (AvgIpc) is 2.10. The summed E-state index contributed by atoms with van der Waals surface area (Å²) in [6, 6.07) is 0. The molecule has 1 fully saturated rings. The number of ether oxygens (including phenoxy) is 2. The van der Waals surface area contributed by atoms with Crippen LogP contribution in [-0.4, -0.2) is 19.2 Å². The molecule has 72 valence electrons. The molecule has 0 atom stereocenters. The highest BCUT2D eigenvalue weighted by atomic mass is 16.5. The highest BCUT2D eigenvalue weighted by Crippen LogP contribution is 2.37. The Morgan fingerprint density at radius 1 is 1.77 bits per heavy atom. The molecule has 1 heterocycles. The molecule has 0 bridgehead atoms. The molecule has 0 aromatic rings. The first kappa shape index (κ1) is 9.84. The molecule has 0 aromatic heterocycles. The Balaban J connectivity index is 2.33. The normalized spacial score (nSPS) is 21.5. The highest BCUT2D eigenvalue weighted by Gasteiger charge is 2.34. The van der Waals surface area contributed by atoms with E-state index >= 15 is 0 Å². The van der Waals surface area contributed by atoms with Crippen LogP contribution in [0.5, 0.6) is 0 Å². The molecule has 0 amide bonds. The SMILES string of the molecule is C=CC(=O)OCC=C1OCC1(C)C. The molecular formula is C10H14O3. The van der Waals surface area contributed by atoms with Crippen molar-refractivity contribution in [2.45, 2.75) is 13.8 Å². The minimum atomic E-state index is -0.408. The van der Waals surface area contributed by atoms with E-state index in [1.807, 2.05) is 0 Å². The lowest BCUT2D eigenvalue weighted by molar-refractivity contribution is -0.136. The number of esters is 1. The van der Waals surface area contributed by atoms with Crippen LogP contribution >= 0.6 is 0 Å².